The number of pyridine rings is 2. The van der Waals surface area contributed by atoms with E-state index < -0.39 is 33.5 Å². The second-order valence-electron chi connectivity index (χ2n) is 7.15. The van der Waals surface area contributed by atoms with E-state index in [0.717, 1.165) is 0 Å². The molecule has 0 atom stereocenters. The molecule has 0 aliphatic rings. The predicted octanol–water partition coefficient (Wildman–Crippen LogP) is 2.20. The Kier molecular flexibility index (Phi) is 5.22. The van der Waals surface area contributed by atoms with E-state index in [0.29, 0.717) is 11.4 Å². The zero-order chi connectivity index (χ0) is 22.3. The minimum absolute atomic E-state index is 0.00926. The number of nitro groups is 1. The van der Waals surface area contributed by atoms with Crippen molar-refractivity contribution < 1.29 is 15.1 Å². The van der Waals surface area contributed by atoms with Crippen molar-refractivity contribution in [2.24, 2.45) is 14.1 Å². The second-order valence-corrected chi connectivity index (χ2v) is 7.15. The van der Waals surface area contributed by atoms with Gasteiger partial charge in [0.15, 0.2) is 0 Å². The molecule has 2 heterocycles. The van der Waals surface area contributed by atoms with Gasteiger partial charge in [-0.1, -0.05) is 18.2 Å². The van der Waals surface area contributed by atoms with Gasteiger partial charge < -0.3 is 19.3 Å². The summed E-state index contributed by atoms with van der Waals surface area (Å²) in [6.45, 7) is 3.24. The van der Waals surface area contributed by atoms with Crippen molar-refractivity contribution in [2.45, 2.75) is 19.8 Å². The molecule has 0 saturated heterocycles. The van der Waals surface area contributed by atoms with Crippen LogP contribution in [-0.2, 0) is 14.1 Å². The molecule has 30 heavy (non-hydrogen) atoms. The summed E-state index contributed by atoms with van der Waals surface area (Å²) in [6.07, 6.45) is 0. The van der Waals surface area contributed by atoms with Crippen LogP contribution < -0.4 is 11.1 Å². The number of para-hydroxylation sites is 1. The number of hydrogen-bond donors (Lipinski definition) is 2. The molecular formula is C21H21N3O6. The third kappa shape index (κ3) is 3.24. The molecule has 2 N–H and O–H groups in total. The summed E-state index contributed by atoms with van der Waals surface area (Å²) >= 11 is 0. The fraction of sp³-hybridized carbons (Fsp3) is 0.238. The third-order valence-electron chi connectivity index (χ3n) is 5.39. The summed E-state index contributed by atoms with van der Waals surface area (Å²) in [5, 5.41) is 33.0. The van der Waals surface area contributed by atoms with Crippen molar-refractivity contribution in [3.8, 4) is 11.5 Å². The summed E-state index contributed by atoms with van der Waals surface area (Å²) in [5.41, 5.74) is -1.12. The van der Waals surface area contributed by atoms with Gasteiger partial charge in [0.2, 0.25) is 0 Å². The van der Waals surface area contributed by atoms with Crippen LogP contribution in [0.1, 0.15) is 34.0 Å². The highest BCUT2D eigenvalue weighted by Crippen LogP contribution is 2.40. The van der Waals surface area contributed by atoms with Crippen molar-refractivity contribution in [3.05, 3.63) is 95.3 Å². The Morgan fingerprint density at radius 1 is 0.900 bits per heavy atom. The van der Waals surface area contributed by atoms with E-state index >= 15 is 0 Å². The third-order valence-corrected chi connectivity index (χ3v) is 5.39. The largest absolute Gasteiger partial charge is 0.507 e. The number of nitro benzene ring substituents is 1. The number of aromatic nitrogens is 2. The first kappa shape index (κ1) is 20.8. The molecule has 0 aliphatic heterocycles. The molecule has 9 nitrogen and oxygen atoms in total. The van der Waals surface area contributed by atoms with Gasteiger partial charge in [-0.15, -0.1) is 0 Å². The SMILES string of the molecule is Cc1cc(O)c(C(c2ccccc2[N+](=O)[O-])c2c(O)cc(C)n(C)c2=O)c(=O)n1C. The van der Waals surface area contributed by atoms with E-state index in [2.05, 4.69) is 0 Å². The molecule has 0 aliphatic carbocycles. The standard InChI is InChI=1S/C21H21N3O6/c1-11-9-15(25)18(20(27)22(11)3)17(13-7-5-6-8-14(13)24(29)30)19-16(26)10-12(2)23(4)21(19)28/h5-10,17,25-26H,1-4H3. The Balaban J connectivity index is 2.54. The lowest BCUT2D eigenvalue weighted by Crippen LogP contribution is -2.31. The van der Waals surface area contributed by atoms with Crippen molar-refractivity contribution in [1.29, 1.82) is 0 Å². The predicted molar refractivity (Wildman–Crippen MR) is 110 cm³/mol. The van der Waals surface area contributed by atoms with Gasteiger partial charge in [-0.3, -0.25) is 19.7 Å². The first-order chi connectivity index (χ1) is 14.1. The number of nitrogens with zero attached hydrogens (tertiary/aromatic N) is 3. The van der Waals surface area contributed by atoms with Crippen LogP contribution in [0.15, 0.2) is 46.0 Å². The number of benzene rings is 1. The van der Waals surface area contributed by atoms with Crippen molar-refractivity contribution >= 4 is 5.69 Å². The maximum atomic E-state index is 13.1. The summed E-state index contributed by atoms with van der Waals surface area (Å²) < 4.78 is 2.54. The van der Waals surface area contributed by atoms with E-state index in [9.17, 15) is 29.9 Å². The van der Waals surface area contributed by atoms with Crippen LogP contribution in [0.5, 0.6) is 11.5 Å². The molecule has 0 saturated carbocycles. The minimum Gasteiger partial charge on any atom is -0.507 e. The lowest BCUT2D eigenvalue weighted by atomic mass is 9.84. The zero-order valence-corrected chi connectivity index (χ0v) is 16.9. The molecular weight excluding hydrogens is 390 g/mol. The highest BCUT2D eigenvalue weighted by atomic mass is 16.6. The molecule has 156 valence electrons. The molecule has 2 aromatic heterocycles. The average molecular weight is 411 g/mol. The number of aryl methyl sites for hydroxylation is 2. The first-order valence-electron chi connectivity index (χ1n) is 9.08. The smallest absolute Gasteiger partial charge is 0.273 e. The molecule has 0 spiro atoms. The van der Waals surface area contributed by atoms with Crippen molar-refractivity contribution in [1.82, 2.24) is 9.13 Å². The molecule has 0 amide bonds. The highest BCUT2D eigenvalue weighted by Gasteiger charge is 2.34. The van der Waals surface area contributed by atoms with Gasteiger partial charge in [0, 0.05) is 37.1 Å². The van der Waals surface area contributed by atoms with Gasteiger partial charge in [-0.05, 0) is 26.0 Å². The summed E-state index contributed by atoms with van der Waals surface area (Å²) in [4.78, 5) is 37.2. The second kappa shape index (κ2) is 7.51. The van der Waals surface area contributed by atoms with Crippen LogP contribution in [0.3, 0.4) is 0 Å². The topological polar surface area (TPSA) is 128 Å². The number of rotatable bonds is 4. The summed E-state index contributed by atoms with van der Waals surface area (Å²) in [6, 6.07) is 8.32. The highest BCUT2D eigenvalue weighted by molar-refractivity contribution is 5.57. The molecule has 0 unspecified atom stereocenters. The maximum absolute atomic E-state index is 13.1. The van der Waals surface area contributed by atoms with E-state index in [1.807, 2.05) is 0 Å². The monoisotopic (exact) mass is 411 g/mol. The summed E-state index contributed by atoms with van der Waals surface area (Å²) in [7, 11) is 2.98. The lowest BCUT2D eigenvalue weighted by Gasteiger charge is -2.22. The Morgan fingerprint density at radius 2 is 1.33 bits per heavy atom. The molecule has 1 aromatic carbocycles. The van der Waals surface area contributed by atoms with Crippen LogP contribution >= 0.6 is 0 Å². The Bertz CT molecular complexity index is 1220. The Hall–Kier alpha value is -3.88. The lowest BCUT2D eigenvalue weighted by molar-refractivity contribution is -0.385. The number of hydrogen-bond acceptors (Lipinski definition) is 6. The summed E-state index contributed by atoms with van der Waals surface area (Å²) in [5.74, 6) is -2.19. The van der Waals surface area contributed by atoms with Crippen molar-refractivity contribution in [3.63, 3.8) is 0 Å². The minimum atomic E-state index is -1.36. The molecule has 3 rings (SSSR count). The van der Waals surface area contributed by atoms with Crippen LogP contribution in [0.25, 0.3) is 0 Å². The van der Waals surface area contributed by atoms with Gasteiger partial charge in [-0.25, -0.2) is 0 Å². The molecule has 0 bridgehead atoms. The van der Waals surface area contributed by atoms with Crippen LogP contribution in [-0.4, -0.2) is 24.3 Å². The number of aromatic hydroxyl groups is 2. The van der Waals surface area contributed by atoms with E-state index in [1.165, 1.54) is 59.6 Å². The normalized spacial score (nSPS) is 11.1. The van der Waals surface area contributed by atoms with Crippen LogP contribution in [0.2, 0.25) is 0 Å². The van der Waals surface area contributed by atoms with E-state index in [-0.39, 0.29) is 22.4 Å². The van der Waals surface area contributed by atoms with Gasteiger partial charge in [0.05, 0.1) is 22.0 Å². The first-order valence-corrected chi connectivity index (χ1v) is 9.08. The van der Waals surface area contributed by atoms with Crippen LogP contribution in [0.4, 0.5) is 5.69 Å². The van der Waals surface area contributed by atoms with Gasteiger partial charge in [-0.2, -0.15) is 0 Å². The van der Waals surface area contributed by atoms with Crippen molar-refractivity contribution in [2.75, 3.05) is 0 Å². The average Bonchev–Trinajstić information content (AvgIpc) is 2.69. The molecule has 3 aromatic rings. The van der Waals surface area contributed by atoms with Gasteiger partial charge >= 0.3 is 0 Å². The zero-order valence-electron chi connectivity index (χ0n) is 16.9. The Labute approximate surface area is 171 Å². The molecule has 0 radical (unpaired) electrons. The fourth-order valence-corrected chi connectivity index (χ4v) is 3.54. The molecule has 9 heteroatoms. The quantitative estimate of drug-likeness (QED) is 0.500. The Morgan fingerprint density at radius 3 is 1.77 bits per heavy atom. The molecule has 0 fully saturated rings. The van der Waals surface area contributed by atoms with Crippen LogP contribution in [0, 0.1) is 24.0 Å². The van der Waals surface area contributed by atoms with E-state index in [1.54, 1.807) is 13.8 Å². The maximum Gasteiger partial charge on any atom is 0.273 e. The fourth-order valence-electron chi connectivity index (χ4n) is 3.54. The van der Waals surface area contributed by atoms with E-state index in [4.69, 9.17) is 0 Å². The van der Waals surface area contributed by atoms with Gasteiger partial charge in [0.25, 0.3) is 16.8 Å². The van der Waals surface area contributed by atoms with Gasteiger partial charge in [0.1, 0.15) is 11.5 Å².